The minimum absolute atomic E-state index is 0.129. The Hall–Kier alpha value is -0.990. The molecular formula is C10H6Cl2O2. The summed E-state index contributed by atoms with van der Waals surface area (Å²) in [6, 6.07) is 4.86. The summed E-state index contributed by atoms with van der Waals surface area (Å²) in [4.78, 5) is 11.7. The maximum Gasteiger partial charge on any atom is 0.200 e. The standard InChI is InChI=1S/C10H6Cl2O2/c1-5-9(13)7-4-6(11)2-3-8(7)14-10(5)12/h2-4H,1H3. The molecule has 14 heavy (non-hydrogen) atoms. The molecular weight excluding hydrogens is 223 g/mol. The molecule has 0 fully saturated rings. The zero-order valence-corrected chi connectivity index (χ0v) is 8.82. The van der Waals surface area contributed by atoms with Gasteiger partial charge >= 0.3 is 0 Å². The minimum Gasteiger partial charge on any atom is -0.444 e. The highest BCUT2D eigenvalue weighted by atomic mass is 35.5. The number of hydrogen-bond donors (Lipinski definition) is 0. The van der Waals surface area contributed by atoms with E-state index in [0.29, 0.717) is 21.6 Å². The fourth-order valence-corrected chi connectivity index (χ4v) is 1.57. The van der Waals surface area contributed by atoms with Gasteiger partial charge in [-0.3, -0.25) is 4.79 Å². The van der Waals surface area contributed by atoms with E-state index in [-0.39, 0.29) is 10.6 Å². The molecule has 72 valence electrons. The zero-order chi connectivity index (χ0) is 10.3. The molecule has 2 nitrogen and oxygen atoms in total. The van der Waals surface area contributed by atoms with Gasteiger partial charge in [-0.15, -0.1) is 0 Å². The van der Waals surface area contributed by atoms with Crippen molar-refractivity contribution in [3.63, 3.8) is 0 Å². The Kier molecular flexibility index (Phi) is 2.25. The molecule has 0 unspecified atom stereocenters. The van der Waals surface area contributed by atoms with E-state index >= 15 is 0 Å². The van der Waals surface area contributed by atoms with Crippen LogP contribution in [0.5, 0.6) is 0 Å². The van der Waals surface area contributed by atoms with Crippen molar-refractivity contribution < 1.29 is 4.42 Å². The highest BCUT2D eigenvalue weighted by Crippen LogP contribution is 2.21. The lowest BCUT2D eigenvalue weighted by Gasteiger charge is -2.00. The SMILES string of the molecule is Cc1c(Cl)oc2ccc(Cl)cc2c1=O. The van der Waals surface area contributed by atoms with Crippen LogP contribution in [0.3, 0.4) is 0 Å². The van der Waals surface area contributed by atoms with Crippen molar-refractivity contribution in [1.29, 1.82) is 0 Å². The van der Waals surface area contributed by atoms with Crippen molar-refractivity contribution >= 4 is 34.2 Å². The Morgan fingerprint density at radius 2 is 2.00 bits per heavy atom. The molecule has 4 heteroatoms. The van der Waals surface area contributed by atoms with Crippen LogP contribution in [0.4, 0.5) is 0 Å². The molecule has 0 aliphatic heterocycles. The Balaban J connectivity index is 2.99. The monoisotopic (exact) mass is 228 g/mol. The summed E-state index contributed by atoms with van der Waals surface area (Å²) in [6.07, 6.45) is 0. The molecule has 0 aliphatic rings. The van der Waals surface area contributed by atoms with Gasteiger partial charge in [-0.25, -0.2) is 0 Å². The van der Waals surface area contributed by atoms with Gasteiger partial charge in [0.05, 0.1) is 10.9 Å². The third-order valence-electron chi connectivity index (χ3n) is 2.02. The first-order valence-corrected chi connectivity index (χ1v) is 4.73. The Morgan fingerprint density at radius 3 is 2.71 bits per heavy atom. The molecule has 0 radical (unpaired) electrons. The fourth-order valence-electron chi connectivity index (χ4n) is 1.23. The van der Waals surface area contributed by atoms with Crippen LogP contribution >= 0.6 is 23.2 Å². The predicted molar refractivity (Wildman–Crippen MR) is 57.2 cm³/mol. The molecule has 2 rings (SSSR count). The third kappa shape index (κ3) is 1.41. The van der Waals surface area contributed by atoms with E-state index in [1.807, 2.05) is 0 Å². The Morgan fingerprint density at radius 1 is 1.29 bits per heavy atom. The molecule has 1 aromatic carbocycles. The molecule has 0 atom stereocenters. The molecule has 0 bridgehead atoms. The predicted octanol–water partition coefficient (Wildman–Crippen LogP) is 3.41. The summed E-state index contributed by atoms with van der Waals surface area (Å²) in [5.41, 5.74) is 0.718. The highest BCUT2D eigenvalue weighted by Gasteiger charge is 2.08. The van der Waals surface area contributed by atoms with Gasteiger partial charge < -0.3 is 4.42 Å². The fraction of sp³-hybridized carbons (Fsp3) is 0.100. The molecule has 1 aromatic heterocycles. The molecule has 0 saturated carbocycles. The smallest absolute Gasteiger partial charge is 0.200 e. The molecule has 0 amide bonds. The van der Waals surface area contributed by atoms with Gasteiger partial charge in [-0.2, -0.15) is 0 Å². The number of hydrogen-bond acceptors (Lipinski definition) is 2. The molecule has 2 aromatic rings. The molecule has 0 aliphatic carbocycles. The number of rotatable bonds is 0. The average molecular weight is 229 g/mol. The maximum absolute atomic E-state index is 11.7. The second-order valence-electron chi connectivity index (χ2n) is 2.97. The summed E-state index contributed by atoms with van der Waals surface area (Å²) in [6.45, 7) is 1.62. The molecule has 1 heterocycles. The van der Waals surface area contributed by atoms with E-state index in [2.05, 4.69) is 0 Å². The molecule has 0 spiro atoms. The van der Waals surface area contributed by atoms with Gasteiger partial charge in [0.2, 0.25) is 5.22 Å². The van der Waals surface area contributed by atoms with Gasteiger partial charge in [0, 0.05) is 5.02 Å². The topological polar surface area (TPSA) is 30.2 Å². The van der Waals surface area contributed by atoms with E-state index in [4.69, 9.17) is 27.6 Å². The second-order valence-corrected chi connectivity index (χ2v) is 3.75. The number of benzene rings is 1. The summed E-state index contributed by atoms with van der Waals surface area (Å²) in [7, 11) is 0. The van der Waals surface area contributed by atoms with Crippen LogP contribution in [0.1, 0.15) is 5.56 Å². The van der Waals surface area contributed by atoms with Crippen molar-refractivity contribution in [2.75, 3.05) is 0 Å². The van der Waals surface area contributed by atoms with Crippen LogP contribution in [0.25, 0.3) is 11.0 Å². The van der Waals surface area contributed by atoms with E-state index in [0.717, 1.165) is 0 Å². The van der Waals surface area contributed by atoms with Crippen molar-refractivity contribution in [2.24, 2.45) is 0 Å². The lowest BCUT2D eigenvalue weighted by atomic mass is 10.2. The van der Waals surface area contributed by atoms with Crippen LogP contribution in [0.2, 0.25) is 10.2 Å². The summed E-state index contributed by atoms with van der Waals surface area (Å²) in [5.74, 6) is 0. The minimum atomic E-state index is -0.140. The normalized spacial score (nSPS) is 10.8. The van der Waals surface area contributed by atoms with E-state index in [9.17, 15) is 4.79 Å². The van der Waals surface area contributed by atoms with Crippen LogP contribution in [0, 0.1) is 6.92 Å². The van der Waals surface area contributed by atoms with Crippen molar-refractivity contribution in [3.05, 3.63) is 44.2 Å². The van der Waals surface area contributed by atoms with Gasteiger partial charge in [0.25, 0.3) is 0 Å². The van der Waals surface area contributed by atoms with E-state index in [1.165, 1.54) is 0 Å². The van der Waals surface area contributed by atoms with Crippen molar-refractivity contribution in [3.8, 4) is 0 Å². The number of halogens is 2. The van der Waals surface area contributed by atoms with Gasteiger partial charge in [0.1, 0.15) is 5.58 Å². The summed E-state index contributed by atoms with van der Waals surface area (Å²) < 4.78 is 5.24. The van der Waals surface area contributed by atoms with Crippen LogP contribution in [-0.2, 0) is 0 Å². The highest BCUT2D eigenvalue weighted by molar-refractivity contribution is 6.31. The first-order chi connectivity index (χ1) is 6.59. The van der Waals surface area contributed by atoms with Gasteiger partial charge in [-0.1, -0.05) is 11.6 Å². The van der Waals surface area contributed by atoms with Crippen LogP contribution in [0.15, 0.2) is 27.4 Å². The first-order valence-electron chi connectivity index (χ1n) is 3.98. The van der Waals surface area contributed by atoms with E-state index < -0.39 is 0 Å². The lowest BCUT2D eigenvalue weighted by molar-refractivity contribution is 0.599. The first kappa shape index (κ1) is 9.56. The van der Waals surface area contributed by atoms with Gasteiger partial charge in [-0.05, 0) is 36.7 Å². The third-order valence-corrected chi connectivity index (χ3v) is 2.62. The zero-order valence-electron chi connectivity index (χ0n) is 7.30. The summed E-state index contributed by atoms with van der Waals surface area (Å²) >= 11 is 11.5. The van der Waals surface area contributed by atoms with Crippen molar-refractivity contribution in [2.45, 2.75) is 6.92 Å². The van der Waals surface area contributed by atoms with Gasteiger partial charge in [0.15, 0.2) is 5.43 Å². The number of fused-ring (bicyclic) bond motifs is 1. The molecule has 0 saturated heterocycles. The lowest BCUT2D eigenvalue weighted by Crippen LogP contribution is -2.05. The average Bonchev–Trinajstić information content (AvgIpc) is 2.16. The molecule has 0 N–H and O–H groups in total. The second kappa shape index (κ2) is 3.30. The quantitative estimate of drug-likeness (QED) is 0.692. The Bertz CT molecular complexity index is 558. The largest absolute Gasteiger partial charge is 0.444 e. The van der Waals surface area contributed by atoms with Crippen LogP contribution < -0.4 is 5.43 Å². The summed E-state index contributed by atoms with van der Waals surface area (Å²) in [5, 5.41) is 1.09. The Labute approximate surface area is 90.1 Å². The van der Waals surface area contributed by atoms with E-state index in [1.54, 1.807) is 25.1 Å². The van der Waals surface area contributed by atoms with Crippen LogP contribution in [-0.4, -0.2) is 0 Å². The van der Waals surface area contributed by atoms with Crippen molar-refractivity contribution in [1.82, 2.24) is 0 Å². The maximum atomic E-state index is 11.7.